The third-order valence-corrected chi connectivity index (χ3v) is 24.1. The first-order valence-corrected chi connectivity index (χ1v) is 45.1. The van der Waals surface area contributed by atoms with Gasteiger partial charge in [-0.25, -0.2) is 0 Å². The molecule has 636 valence electrons. The van der Waals surface area contributed by atoms with Crippen LogP contribution in [0.3, 0.4) is 0 Å². The molecule has 0 amide bonds. The minimum Gasteiger partial charge on any atom is -0.311 e. The van der Waals surface area contributed by atoms with E-state index in [1.165, 1.54) is 146 Å². The lowest BCUT2D eigenvalue weighted by Gasteiger charge is -2.28. The summed E-state index contributed by atoms with van der Waals surface area (Å²) in [6.45, 7) is 28.2. The molecule has 0 heterocycles. The van der Waals surface area contributed by atoms with Crippen LogP contribution in [-0.2, 0) is 12.8 Å². The van der Waals surface area contributed by atoms with E-state index in [4.69, 9.17) is 0 Å². The Morgan fingerprint density at radius 1 is 0.140 bits per heavy atom. The van der Waals surface area contributed by atoms with Crippen LogP contribution in [0.25, 0.3) is 33.4 Å². The molecule has 18 aromatic rings. The van der Waals surface area contributed by atoms with Crippen molar-refractivity contribution in [3.05, 3.63) is 503 Å². The Morgan fingerprint density at radius 3 is 0.643 bits per heavy atom. The summed E-state index contributed by atoms with van der Waals surface area (Å²) in [4.78, 5) is 14.1. The van der Waals surface area contributed by atoms with Crippen molar-refractivity contribution >= 4 is 102 Å². The third kappa shape index (κ3) is 20.8. The summed E-state index contributed by atoms with van der Waals surface area (Å²) in [6.07, 6.45) is 2.04. The molecule has 0 fully saturated rings. The molecule has 0 spiro atoms. The average Bonchev–Trinajstić information content (AvgIpc) is 0.486. The molecule has 18 aromatic carbocycles. The molecule has 0 aromatic heterocycles. The second-order valence-electron chi connectivity index (χ2n) is 34.1. The van der Waals surface area contributed by atoms with Gasteiger partial charge in [-0.3, -0.25) is 0 Å². The van der Waals surface area contributed by atoms with Crippen LogP contribution in [0.2, 0.25) is 0 Å². The zero-order valence-electron chi connectivity index (χ0n) is 76.6. The number of anilines is 18. The summed E-state index contributed by atoms with van der Waals surface area (Å²) in [7, 11) is 0. The molecule has 0 saturated heterocycles. The molecule has 0 aliphatic heterocycles. The normalized spacial score (nSPS) is 10.9. The quantitative estimate of drug-likeness (QED) is 0.0631. The summed E-state index contributed by atoms with van der Waals surface area (Å²) in [5, 5.41) is 0. The summed E-state index contributed by atoms with van der Waals surface area (Å²) < 4.78 is 0. The lowest BCUT2D eigenvalue weighted by molar-refractivity contribution is 1.13. The van der Waals surface area contributed by atoms with Crippen molar-refractivity contribution in [1.82, 2.24) is 0 Å². The van der Waals surface area contributed by atoms with Crippen molar-refractivity contribution in [3.8, 4) is 33.4 Å². The molecule has 6 nitrogen and oxygen atoms in total. The Bertz CT molecular complexity index is 6760. The van der Waals surface area contributed by atoms with Crippen LogP contribution in [0.15, 0.2) is 431 Å². The summed E-state index contributed by atoms with van der Waals surface area (Å²) in [6, 6.07) is 156. The van der Waals surface area contributed by atoms with Crippen molar-refractivity contribution in [2.75, 3.05) is 29.4 Å². The molecule has 18 rings (SSSR count). The first kappa shape index (κ1) is 87.2. The maximum atomic E-state index is 2.37. The van der Waals surface area contributed by atoms with E-state index in [0.29, 0.717) is 0 Å². The van der Waals surface area contributed by atoms with E-state index in [1.807, 2.05) is 0 Å². The number of hydrogen-bond donors (Lipinski definition) is 0. The highest BCUT2D eigenvalue weighted by atomic mass is 15.2. The molecule has 0 atom stereocenters. The average molecular weight is 1680 g/mol. The van der Waals surface area contributed by atoms with Crippen molar-refractivity contribution < 1.29 is 0 Å². The first-order chi connectivity index (χ1) is 62.8. The molecular formula is C123H114N6. The van der Waals surface area contributed by atoms with Crippen LogP contribution in [0, 0.1) is 76.2 Å². The van der Waals surface area contributed by atoms with Gasteiger partial charge in [-0.05, 0) is 396 Å². The van der Waals surface area contributed by atoms with E-state index >= 15 is 0 Å². The van der Waals surface area contributed by atoms with E-state index in [9.17, 15) is 0 Å². The fourth-order valence-electron chi connectivity index (χ4n) is 17.2. The highest BCUT2D eigenvalue weighted by Gasteiger charge is 2.23. The molecular weight excluding hydrogens is 1560 g/mol. The summed E-state index contributed by atoms with van der Waals surface area (Å²) in [5.41, 5.74) is 44.4. The van der Waals surface area contributed by atoms with E-state index in [1.54, 1.807) is 0 Å². The van der Waals surface area contributed by atoms with Crippen LogP contribution in [-0.4, -0.2) is 0 Å². The van der Waals surface area contributed by atoms with Crippen LogP contribution >= 0.6 is 0 Å². The van der Waals surface area contributed by atoms with E-state index in [0.717, 1.165) is 75.4 Å². The van der Waals surface area contributed by atoms with Crippen molar-refractivity contribution in [1.29, 1.82) is 0 Å². The van der Waals surface area contributed by atoms with Crippen molar-refractivity contribution in [3.63, 3.8) is 0 Å². The van der Waals surface area contributed by atoms with E-state index < -0.39 is 0 Å². The minimum atomic E-state index is 1.01. The third-order valence-electron chi connectivity index (χ3n) is 24.1. The molecule has 0 N–H and O–H groups in total. The molecule has 129 heavy (non-hydrogen) atoms. The zero-order valence-corrected chi connectivity index (χ0v) is 76.6. The molecule has 6 heteroatoms. The Kier molecular flexibility index (Phi) is 27.3. The SMILES string of the molecule is CCc1ccc(N(c2ccc(-c3ccc(N(c4ccc(C)cc4)c4cccc(C)c4)c(C)c3)cc2)c2cccc(C)c2)cc1.CCc1cccc(N(c2ccc(-c3ccc(N(c4cccc(C)c4)c4cccc(C)c4)c(C)c3)cc2)c2cccc(C)c2)c1.Cc1ccc(N(c2ccccc2)c2ccc(-c3ccc(N(c4ccccc4)c4ccc(C)cc4)c(C)c3)cc2)cc1. The number of aryl methyl sites for hydroxylation is 13. The maximum Gasteiger partial charge on any atom is 0.0491 e. The predicted molar refractivity (Wildman–Crippen MR) is 555 cm³/mol. The van der Waals surface area contributed by atoms with Crippen molar-refractivity contribution in [2.24, 2.45) is 0 Å². The maximum absolute atomic E-state index is 2.37. The smallest absolute Gasteiger partial charge is 0.0491 e. The minimum absolute atomic E-state index is 1.01. The van der Waals surface area contributed by atoms with Crippen LogP contribution in [0.4, 0.5) is 102 Å². The number of para-hydroxylation sites is 2. The molecule has 0 aliphatic carbocycles. The van der Waals surface area contributed by atoms with Gasteiger partial charge in [0, 0.05) is 102 Å². The van der Waals surface area contributed by atoms with Gasteiger partial charge in [-0.1, -0.05) is 243 Å². The fraction of sp³-hybridized carbons (Fsp3) is 0.122. The summed E-state index contributed by atoms with van der Waals surface area (Å²) >= 11 is 0. The number of rotatable bonds is 23. The van der Waals surface area contributed by atoms with Crippen LogP contribution < -0.4 is 29.4 Å². The standard InChI is InChI=1S/2C42H40N2.C39H34N2/c1-6-34-14-10-18-41(29-34)43(38-15-7-11-30(2)25-38)37-22-19-35(20-23-37)36-21-24-42(33(5)28-36)44(39-16-8-12-31(3)26-39)40-17-9-13-32(4)27-40;1-6-34-15-22-37(23-16-34)43(40-11-7-9-31(3)27-40)38-24-17-35(18-25-38)36-19-26-42(33(5)29-36)44(39-20-13-30(2)14-21-39)41-12-8-10-32(4)28-41;1-29-14-21-36(22-15-29)40(34-10-6-4-7-11-34)37-25-18-32(19-26-37)33-20-27-39(31(3)28-33)41(35-12-8-5-9-13-35)38-23-16-30(2)17-24-38/h2*7-29H,6H2,1-5H3;4-28H,1-3H3. The number of hydrogen-bond acceptors (Lipinski definition) is 6. The van der Waals surface area contributed by atoms with Gasteiger partial charge in [0.25, 0.3) is 0 Å². The largest absolute Gasteiger partial charge is 0.311 e. The van der Waals surface area contributed by atoms with Gasteiger partial charge >= 0.3 is 0 Å². The molecule has 0 radical (unpaired) electrons. The number of benzene rings is 18. The van der Waals surface area contributed by atoms with Gasteiger partial charge < -0.3 is 29.4 Å². The highest BCUT2D eigenvalue weighted by Crippen LogP contribution is 2.46. The predicted octanol–water partition coefficient (Wildman–Crippen LogP) is 35.4. The van der Waals surface area contributed by atoms with Crippen molar-refractivity contribution in [2.45, 2.75) is 103 Å². The number of nitrogens with zero attached hydrogens (tertiary/aromatic N) is 6. The molecule has 0 saturated carbocycles. The van der Waals surface area contributed by atoms with E-state index in [-0.39, 0.29) is 0 Å². The summed E-state index contributed by atoms with van der Waals surface area (Å²) in [5.74, 6) is 0. The molecule has 0 unspecified atom stereocenters. The van der Waals surface area contributed by atoms with Gasteiger partial charge in [0.05, 0.1) is 0 Å². The van der Waals surface area contributed by atoms with Gasteiger partial charge in [0.1, 0.15) is 0 Å². The highest BCUT2D eigenvalue weighted by molar-refractivity contribution is 5.88. The van der Waals surface area contributed by atoms with Crippen LogP contribution in [0.5, 0.6) is 0 Å². The van der Waals surface area contributed by atoms with Gasteiger partial charge in [-0.15, -0.1) is 0 Å². The Balaban J connectivity index is 0.000000142. The zero-order chi connectivity index (χ0) is 89.4. The first-order valence-electron chi connectivity index (χ1n) is 45.1. The molecule has 0 bridgehead atoms. The topological polar surface area (TPSA) is 19.4 Å². The lowest BCUT2D eigenvalue weighted by Crippen LogP contribution is -2.11. The Morgan fingerprint density at radius 2 is 0.349 bits per heavy atom. The van der Waals surface area contributed by atoms with Gasteiger partial charge in [0.15, 0.2) is 0 Å². The monoisotopic (exact) mass is 1670 g/mol. The molecule has 0 aliphatic rings. The fourth-order valence-corrected chi connectivity index (χ4v) is 17.2. The lowest BCUT2D eigenvalue weighted by atomic mass is 10.0. The second-order valence-corrected chi connectivity index (χ2v) is 34.1. The van der Waals surface area contributed by atoms with Crippen LogP contribution in [0.1, 0.15) is 86.2 Å². The van der Waals surface area contributed by atoms with Gasteiger partial charge in [0.2, 0.25) is 0 Å². The van der Waals surface area contributed by atoms with Gasteiger partial charge in [-0.2, -0.15) is 0 Å². The van der Waals surface area contributed by atoms with E-state index in [2.05, 4.69) is 550 Å². The second kappa shape index (κ2) is 40.4. The Hall–Kier alpha value is -15.2. The Labute approximate surface area is 765 Å².